The van der Waals surface area contributed by atoms with Crippen LogP contribution in [0.5, 0.6) is 5.88 Å². The molecule has 3 aromatic carbocycles. The molecule has 4 N–H and O–H groups in total. The number of halogens is 4. The van der Waals surface area contributed by atoms with Gasteiger partial charge >= 0.3 is 6.18 Å². The van der Waals surface area contributed by atoms with Crippen LogP contribution in [0, 0.1) is 5.82 Å². The maximum atomic E-state index is 13.3. The number of fused-ring (bicyclic) bond motifs is 3. The molecule has 0 spiro atoms. The van der Waals surface area contributed by atoms with E-state index in [-0.39, 0.29) is 22.6 Å². The first kappa shape index (κ1) is 23.8. The second-order valence-electron chi connectivity index (χ2n) is 8.07. The summed E-state index contributed by atoms with van der Waals surface area (Å²) in [6, 6.07) is 14.3. The number of aromatic amines is 1. The molecule has 11 heteroatoms. The Kier molecular flexibility index (Phi) is 5.75. The zero-order valence-electron chi connectivity index (χ0n) is 18.7. The van der Waals surface area contributed by atoms with Crippen molar-refractivity contribution in [2.45, 2.75) is 6.18 Å². The third-order valence-corrected chi connectivity index (χ3v) is 5.67. The Hall–Kier alpha value is -4.93. The highest BCUT2D eigenvalue weighted by Crippen LogP contribution is 2.34. The average Bonchev–Trinajstić information content (AvgIpc) is 2.84. The van der Waals surface area contributed by atoms with Crippen LogP contribution >= 0.6 is 0 Å². The number of amides is 1. The number of carbonyl (C=O) groups excluding carboxylic acids is 1. The number of H-pyrrole nitrogens is 1. The fourth-order valence-electron chi connectivity index (χ4n) is 4.02. The van der Waals surface area contributed by atoms with Crippen LogP contribution in [-0.2, 0) is 6.18 Å². The number of hydrogen-bond donors (Lipinski definition) is 4. The number of alkyl halides is 3. The van der Waals surface area contributed by atoms with Crippen LogP contribution in [-0.4, -0.2) is 21.0 Å². The van der Waals surface area contributed by atoms with E-state index in [9.17, 15) is 32.3 Å². The summed E-state index contributed by atoms with van der Waals surface area (Å²) < 4.78 is 53.1. The summed E-state index contributed by atoms with van der Waals surface area (Å²) in [6.07, 6.45) is -3.30. The van der Waals surface area contributed by atoms with Crippen molar-refractivity contribution in [1.82, 2.24) is 9.97 Å². The molecule has 5 rings (SSSR count). The Morgan fingerprint density at radius 3 is 2.41 bits per heavy atom. The number of nitrogens with zero attached hydrogens (tertiary/aromatic N) is 1. The van der Waals surface area contributed by atoms with E-state index in [0.717, 1.165) is 12.1 Å². The van der Waals surface area contributed by atoms with Crippen molar-refractivity contribution in [3.8, 4) is 5.88 Å². The Morgan fingerprint density at radius 1 is 0.946 bits per heavy atom. The van der Waals surface area contributed by atoms with E-state index in [2.05, 4.69) is 20.6 Å². The van der Waals surface area contributed by atoms with Gasteiger partial charge < -0.3 is 20.7 Å². The van der Waals surface area contributed by atoms with Crippen LogP contribution in [0.1, 0.15) is 15.9 Å². The minimum absolute atomic E-state index is 0.0785. The van der Waals surface area contributed by atoms with E-state index >= 15 is 0 Å². The van der Waals surface area contributed by atoms with E-state index < -0.39 is 34.9 Å². The largest absolute Gasteiger partial charge is 0.493 e. The van der Waals surface area contributed by atoms with Crippen molar-refractivity contribution in [3.63, 3.8) is 0 Å². The second kappa shape index (κ2) is 8.94. The van der Waals surface area contributed by atoms with Crippen LogP contribution in [0.25, 0.3) is 21.8 Å². The maximum Gasteiger partial charge on any atom is 0.417 e. The Labute approximate surface area is 205 Å². The third-order valence-electron chi connectivity index (χ3n) is 5.67. The molecule has 0 radical (unpaired) electrons. The number of rotatable bonds is 4. The predicted octanol–water partition coefficient (Wildman–Crippen LogP) is 5.94. The Bertz CT molecular complexity index is 1730. The van der Waals surface area contributed by atoms with E-state index in [4.69, 9.17) is 0 Å². The minimum Gasteiger partial charge on any atom is -0.493 e. The van der Waals surface area contributed by atoms with E-state index in [1.807, 2.05) is 0 Å². The van der Waals surface area contributed by atoms with Crippen molar-refractivity contribution in [2.24, 2.45) is 0 Å². The highest BCUT2D eigenvalue weighted by molar-refractivity contribution is 6.12. The summed E-state index contributed by atoms with van der Waals surface area (Å²) in [5.41, 5.74) is -0.782. The number of aromatic nitrogens is 2. The molecule has 0 atom stereocenters. The highest BCUT2D eigenvalue weighted by atomic mass is 19.4. The normalized spacial score (nSPS) is 11.6. The van der Waals surface area contributed by atoms with Gasteiger partial charge in [0.2, 0.25) is 5.88 Å². The first-order valence-electron chi connectivity index (χ1n) is 10.8. The number of carbonyl (C=O) groups is 1. The Balaban J connectivity index is 1.43. The lowest BCUT2D eigenvalue weighted by atomic mass is 10.1. The lowest BCUT2D eigenvalue weighted by molar-refractivity contribution is -0.138. The van der Waals surface area contributed by atoms with Gasteiger partial charge in [-0.1, -0.05) is 12.1 Å². The summed E-state index contributed by atoms with van der Waals surface area (Å²) >= 11 is 0. The lowest BCUT2D eigenvalue weighted by Crippen LogP contribution is -2.19. The summed E-state index contributed by atoms with van der Waals surface area (Å²) in [5, 5.41) is 16.9. The van der Waals surface area contributed by atoms with Crippen molar-refractivity contribution in [3.05, 3.63) is 100 Å². The van der Waals surface area contributed by atoms with Crippen LogP contribution in [0.4, 0.5) is 34.6 Å². The van der Waals surface area contributed by atoms with Gasteiger partial charge in [0.05, 0.1) is 22.2 Å². The number of benzene rings is 3. The molecule has 2 heterocycles. The number of pyridine rings is 2. The first-order chi connectivity index (χ1) is 17.6. The molecule has 0 bridgehead atoms. The first-order valence-corrected chi connectivity index (χ1v) is 10.8. The zero-order chi connectivity index (χ0) is 26.3. The van der Waals surface area contributed by atoms with Crippen LogP contribution in [0.3, 0.4) is 0 Å². The van der Waals surface area contributed by atoms with Crippen molar-refractivity contribution < 1.29 is 27.5 Å². The fourth-order valence-corrected chi connectivity index (χ4v) is 4.02. The summed E-state index contributed by atoms with van der Waals surface area (Å²) in [4.78, 5) is 31.8. The van der Waals surface area contributed by atoms with Crippen LogP contribution < -0.4 is 16.1 Å². The van der Waals surface area contributed by atoms with E-state index in [1.165, 1.54) is 18.2 Å². The van der Waals surface area contributed by atoms with Gasteiger partial charge in [0.15, 0.2) is 5.43 Å². The highest BCUT2D eigenvalue weighted by Gasteiger charge is 2.35. The van der Waals surface area contributed by atoms with Crippen molar-refractivity contribution >= 4 is 44.8 Å². The van der Waals surface area contributed by atoms with Crippen molar-refractivity contribution in [1.29, 1.82) is 0 Å². The fraction of sp³-hybridized carbons (Fsp3) is 0.0385. The summed E-state index contributed by atoms with van der Waals surface area (Å²) in [5.74, 6) is -2.53. The van der Waals surface area contributed by atoms with Crippen LogP contribution in [0.2, 0.25) is 0 Å². The molecule has 7 nitrogen and oxygen atoms in total. The molecular weight excluding hydrogens is 492 g/mol. The van der Waals surface area contributed by atoms with Crippen LogP contribution in [0.15, 0.2) is 77.7 Å². The smallest absolute Gasteiger partial charge is 0.417 e. The molecule has 0 aliphatic heterocycles. The van der Waals surface area contributed by atoms with Gasteiger partial charge in [0, 0.05) is 28.3 Å². The second-order valence-corrected chi connectivity index (χ2v) is 8.07. The molecule has 2 aromatic heterocycles. The number of aromatic hydroxyl groups is 1. The molecule has 0 aliphatic carbocycles. The van der Waals surface area contributed by atoms with E-state index in [0.29, 0.717) is 27.8 Å². The molecular formula is C26H16F4N4O3. The topological polar surface area (TPSA) is 107 Å². The van der Waals surface area contributed by atoms with Gasteiger partial charge in [0.25, 0.3) is 5.91 Å². The molecule has 1 amide bonds. The van der Waals surface area contributed by atoms with Crippen molar-refractivity contribution in [2.75, 3.05) is 10.6 Å². The van der Waals surface area contributed by atoms with Gasteiger partial charge in [-0.3, -0.25) is 9.59 Å². The quantitative estimate of drug-likeness (QED) is 0.178. The molecule has 5 aromatic rings. The molecule has 37 heavy (non-hydrogen) atoms. The van der Waals surface area contributed by atoms with Gasteiger partial charge in [-0.2, -0.15) is 18.2 Å². The SMILES string of the molecule is O=C(Nc1ccc(Nc2cc[nH]c3nc(O)c4c(=O)cccc4c23)cc1)c1ccc(F)cc1C(F)(F)F. The number of anilines is 3. The minimum atomic E-state index is -4.90. The monoisotopic (exact) mass is 508 g/mol. The average molecular weight is 508 g/mol. The standard InChI is InChI=1S/C26H16F4N4O3/c27-13-4-9-16(18(12-13)26(28,29)30)24(36)33-15-7-5-14(6-8-15)32-19-10-11-31-23-21(19)17-2-1-3-20(35)22(17)25(37)34-23/h1-12,37H,(H,33,36)(H2,31,32,34). The van der Waals surface area contributed by atoms with Gasteiger partial charge in [-0.25, -0.2) is 4.39 Å². The van der Waals surface area contributed by atoms with Gasteiger partial charge in [-0.05, 0) is 54.6 Å². The summed E-state index contributed by atoms with van der Waals surface area (Å²) in [7, 11) is 0. The lowest BCUT2D eigenvalue weighted by Gasteiger charge is -2.14. The molecule has 186 valence electrons. The molecule has 0 saturated heterocycles. The Morgan fingerprint density at radius 2 is 1.68 bits per heavy atom. The number of hydrogen-bond acceptors (Lipinski definition) is 5. The third kappa shape index (κ3) is 4.54. The predicted molar refractivity (Wildman–Crippen MR) is 131 cm³/mol. The zero-order valence-corrected chi connectivity index (χ0v) is 18.7. The molecule has 0 saturated carbocycles. The molecule has 0 unspecified atom stereocenters. The molecule has 0 fully saturated rings. The number of nitrogens with one attached hydrogen (secondary N) is 3. The molecule has 0 aliphatic rings. The van der Waals surface area contributed by atoms with E-state index in [1.54, 1.807) is 36.5 Å². The van der Waals surface area contributed by atoms with Gasteiger partial charge in [-0.15, -0.1) is 0 Å². The van der Waals surface area contributed by atoms with Gasteiger partial charge in [0.1, 0.15) is 11.5 Å². The summed E-state index contributed by atoms with van der Waals surface area (Å²) in [6.45, 7) is 0. The maximum absolute atomic E-state index is 13.3.